The Kier molecular flexibility index (Phi) is 4.08. The molecule has 3 aromatic carbocycles. The Balaban J connectivity index is 1.90. The number of imidazole rings is 1. The second kappa shape index (κ2) is 6.54. The maximum Gasteiger partial charge on any atom is 0.138 e. The van der Waals surface area contributed by atoms with Gasteiger partial charge in [-0.05, 0) is 36.4 Å². The van der Waals surface area contributed by atoms with Gasteiger partial charge in [0.25, 0.3) is 0 Å². The van der Waals surface area contributed by atoms with Crippen LogP contribution in [0.1, 0.15) is 0 Å². The molecule has 0 unspecified atom stereocenters. The number of halogens is 2. The zero-order valence-corrected chi connectivity index (χ0v) is 14.0. The molecule has 4 heteroatoms. The molecule has 1 heterocycles. The van der Waals surface area contributed by atoms with E-state index >= 15 is 0 Å². The van der Waals surface area contributed by atoms with Crippen molar-refractivity contribution in [1.29, 1.82) is 0 Å². The smallest absolute Gasteiger partial charge is 0.138 e. The predicted octanol–water partition coefficient (Wildman–Crippen LogP) is 6.20. The quantitative estimate of drug-likeness (QED) is 0.469. The molecule has 1 N–H and O–H groups in total. The highest BCUT2D eigenvalue weighted by atomic mass is 35.5. The zero-order chi connectivity index (χ0) is 17.2. The van der Waals surface area contributed by atoms with Crippen LogP contribution in [0.2, 0.25) is 5.02 Å². The zero-order valence-electron chi connectivity index (χ0n) is 13.2. The highest BCUT2D eigenvalue weighted by Gasteiger charge is 2.15. The minimum atomic E-state index is -0.270. The molecular weight excluding hydrogens is 335 g/mol. The molecule has 4 aromatic rings. The highest BCUT2D eigenvalue weighted by molar-refractivity contribution is 6.30. The van der Waals surface area contributed by atoms with Crippen LogP contribution in [-0.4, -0.2) is 9.97 Å². The SMILES string of the molecule is Fc1ccc(-c2nc(-c3cccc(Cl)c3)c(-c3ccccc3)[nH]2)cc1. The average Bonchev–Trinajstić information content (AvgIpc) is 3.08. The molecule has 0 spiro atoms. The molecule has 0 aliphatic carbocycles. The first-order chi connectivity index (χ1) is 12.2. The number of aromatic amines is 1. The van der Waals surface area contributed by atoms with Crippen LogP contribution in [0, 0.1) is 5.82 Å². The summed E-state index contributed by atoms with van der Waals surface area (Å²) in [4.78, 5) is 8.14. The molecule has 0 bridgehead atoms. The van der Waals surface area contributed by atoms with Gasteiger partial charge in [-0.15, -0.1) is 0 Å². The molecule has 0 atom stereocenters. The van der Waals surface area contributed by atoms with E-state index in [4.69, 9.17) is 16.6 Å². The Hall–Kier alpha value is -2.91. The highest BCUT2D eigenvalue weighted by Crippen LogP contribution is 2.33. The van der Waals surface area contributed by atoms with Gasteiger partial charge in [-0.1, -0.05) is 54.1 Å². The lowest BCUT2D eigenvalue weighted by molar-refractivity contribution is 0.628. The standard InChI is InChI=1S/C21H14ClFN2/c22-17-8-4-7-16(13-17)20-19(14-5-2-1-3-6-14)24-21(25-20)15-9-11-18(23)12-10-15/h1-13H,(H,24,25). The lowest BCUT2D eigenvalue weighted by Gasteiger charge is -2.03. The molecular formula is C21H14ClFN2. The Labute approximate surface area is 150 Å². The van der Waals surface area contributed by atoms with Crippen molar-refractivity contribution in [2.45, 2.75) is 0 Å². The van der Waals surface area contributed by atoms with Crippen LogP contribution in [0.15, 0.2) is 78.9 Å². The van der Waals surface area contributed by atoms with E-state index in [0.717, 1.165) is 28.1 Å². The average molecular weight is 349 g/mol. The van der Waals surface area contributed by atoms with Gasteiger partial charge in [0, 0.05) is 21.7 Å². The fourth-order valence-electron chi connectivity index (χ4n) is 2.78. The van der Waals surface area contributed by atoms with Crippen LogP contribution in [-0.2, 0) is 0 Å². The number of hydrogen-bond acceptors (Lipinski definition) is 1. The third kappa shape index (κ3) is 3.19. The molecule has 0 amide bonds. The number of rotatable bonds is 3. The van der Waals surface area contributed by atoms with Gasteiger partial charge >= 0.3 is 0 Å². The molecule has 0 aliphatic heterocycles. The Bertz CT molecular complexity index is 1010. The van der Waals surface area contributed by atoms with Crippen LogP contribution in [0.4, 0.5) is 4.39 Å². The number of hydrogen-bond donors (Lipinski definition) is 1. The number of nitrogens with one attached hydrogen (secondary N) is 1. The minimum absolute atomic E-state index is 0.270. The molecule has 122 valence electrons. The van der Waals surface area contributed by atoms with Gasteiger partial charge in [0.05, 0.1) is 11.4 Å². The monoisotopic (exact) mass is 348 g/mol. The summed E-state index contributed by atoms with van der Waals surface area (Å²) in [7, 11) is 0. The van der Waals surface area contributed by atoms with E-state index in [9.17, 15) is 4.39 Å². The molecule has 2 nitrogen and oxygen atoms in total. The van der Waals surface area contributed by atoms with Crippen molar-refractivity contribution in [2.24, 2.45) is 0 Å². The van der Waals surface area contributed by atoms with E-state index in [-0.39, 0.29) is 5.82 Å². The molecule has 4 rings (SSSR count). The lowest BCUT2D eigenvalue weighted by atomic mass is 10.1. The molecule has 25 heavy (non-hydrogen) atoms. The Morgan fingerprint density at radius 2 is 1.48 bits per heavy atom. The van der Waals surface area contributed by atoms with Crippen LogP contribution in [0.25, 0.3) is 33.9 Å². The van der Waals surface area contributed by atoms with E-state index < -0.39 is 0 Å². The van der Waals surface area contributed by atoms with Gasteiger partial charge in [0.15, 0.2) is 0 Å². The van der Waals surface area contributed by atoms with Gasteiger partial charge < -0.3 is 4.98 Å². The summed E-state index contributed by atoms with van der Waals surface area (Å²) in [6.45, 7) is 0. The van der Waals surface area contributed by atoms with E-state index in [2.05, 4.69) is 4.98 Å². The number of H-pyrrole nitrogens is 1. The van der Waals surface area contributed by atoms with Crippen molar-refractivity contribution in [3.8, 4) is 33.9 Å². The van der Waals surface area contributed by atoms with Gasteiger partial charge in [0.2, 0.25) is 0 Å². The lowest BCUT2D eigenvalue weighted by Crippen LogP contribution is -1.83. The van der Waals surface area contributed by atoms with Crippen molar-refractivity contribution >= 4 is 11.6 Å². The normalized spacial score (nSPS) is 10.8. The van der Waals surface area contributed by atoms with Gasteiger partial charge in [0.1, 0.15) is 11.6 Å². The fraction of sp³-hybridized carbons (Fsp3) is 0. The Morgan fingerprint density at radius 3 is 2.20 bits per heavy atom. The summed E-state index contributed by atoms with van der Waals surface area (Å²) in [6.07, 6.45) is 0. The second-order valence-corrected chi connectivity index (χ2v) is 6.13. The summed E-state index contributed by atoms with van der Waals surface area (Å²) < 4.78 is 13.2. The van der Waals surface area contributed by atoms with E-state index in [0.29, 0.717) is 10.8 Å². The largest absolute Gasteiger partial charge is 0.337 e. The fourth-order valence-corrected chi connectivity index (χ4v) is 2.97. The van der Waals surface area contributed by atoms with Crippen LogP contribution in [0.5, 0.6) is 0 Å². The summed E-state index contributed by atoms with van der Waals surface area (Å²) in [5.74, 6) is 0.419. The maximum absolute atomic E-state index is 13.2. The summed E-state index contributed by atoms with van der Waals surface area (Å²) in [5, 5.41) is 0.655. The second-order valence-electron chi connectivity index (χ2n) is 5.69. The number of aromatic nitrogens is 2. The molecule has 0 radical (unpaired) electrons. The first-order valence-corrected chi connectivity index (χ1v) is 8.26. The molecule has 0 fully saturated rings. The van der Waals surface area contributed by atoms with E-state index in [1.54, 1.807) is 12.1 Å². The van der Waals surface area contributed by atoms with Crippen molar-refractivity contribution in [1.82, 2.24) is 9.97 Å². The summed E-state index contributed by atoms with van der Waals surface area (Å²) in [6, 6.07) is 23.9. The van der Waals surface area contributed by atoms with Gasteiger partial charge in [-0.25, -0.2) is 9.37 Å². The summed E-state index contributed by atoms with van der Waals surface area (Å²) in [5.41, 5.74) is 4.50. The first kappa shape index (κ1) is 15.6. The van der Waals surface area contributed by atoms with Crippen molar-refractivity contribution in [3.05, 3.63) is 89.7 Å². The first-order valence-electron chi connectivity index (χ1n) is 7.88. The Morgan fingerprint density at radius 1 is 0.760 bits per heavy atom. The third-order valence-corrected chi connectivity index (χ3v) is 4.22. The van der Waals surface area contributed by atoms with Crippen molar-refractivity contribution < 1.29 is 4.39 Å². The minimum Gasteiger partial charge on any atom is -0.337 e. The van der Waals surface area contributed by atoms with Gasteiger partial charge in [-0.2, -0.15) is 0 Å². The summed E-state index contributed by atoms with van der Waals surface area (Å²) >= 11 is 6.15. The van der Waals surface area contributed by atoms with Crippen molar-refractivity contribution in [3.63, 3.8) is 0 Å². The number of nitrogens with zero attached hydrogens (tertiary/aromatic N) is 1. The van der Waals surface area contributed by atoms with Crippen LogP contribution < -0.4 is 0 Å². The van der Waals surface area contributed by atoms with Crippen LogP contribution >= 0.6 is 11.6 Å². The third-order valence-electron chi connectivity index (χ3n) is 3.98. The topological polar surface area (TPSA) is 28.7 Å². The molecule has 0 saturated heterocycles. The molecule has 0 saturated carbocycles. The molecule has 0 aliphatic rings. The maximum atomic E-state index is 13.2. The van der Waals surface area contributed by atoms with E-state index in [1.807, 2.05) is 54.6 Å². The van der Waals surface area contributed by atoms with E-state index in [1.165, 1.54) is 12.1 Å². The predicted molar refractivity (Wildman–Crippen MR) is 99.9 cm³/mol. The number of benzene rings is 3. The molecule has 1 aromatic heterocycles. The van der Waals surface area contributed by atoms with Gasteiger partial charge in [-0.3, -0.25) is 0 Å². The van der Waals surface area contributed by atoms with Crippen molar-refractivity contribution in [2.75, 3.05) is 0 Å². The van der Waals surface area contributed by atoms with Crippen LogP contribution in [0.3, 0.4) is 0 Å².